The first-order valence-corrected chi connectivity index (χ1v) is 10.0. The molecule has 0 bridgehead atoms. The van der Waals surface area contributed by atoms with E-state index >= 15 is 0 Å². The Balaban J connectivity index is 1.91. The van der Waals surface area contributed by atoms with Gasteiger partial charge in [-0.15, -0.1) is 0 Å². The smallest absolute Gasteiger partial charge is 0.416 e. The standard InChI is InChI=1S/C23H21BFN5O2/c1-23(2,3)32-22(31)29(14-15-8-10-26-11-9-15)20-12-19(16-6-4-5-7-18(16)25)28-21-17(24)13-27-30(20)21/h4-13H,14H2,1-3H3. The molecule has 0 spiro atoms. The predicted octanol–water partition coefficient (Wildman–Crippen LogP) is 3.67. The van der Waals surface area contributed by atoms with E-state index in [1.54, 1.807) is 69.6 Å². The zero-order valence-corrected chi connectivity index (χ0v) is 18.0. The van der Waals surface area contributed by atoms with Crippen LogP contribution in [0.2, 0.25) is 0 Å². The van der Waals surface area contributed by atoms with Crippen molar-refractivity contribution in [1.82, 2.24) is 19.6 Å². The van der Waals surface area contributed by atoms with Crippen molar-refractivity contribution in [1.29, 1.82) is 0 Å². The van der Waals surface area contributed by atoms with E-state index in [1.807, 2.05) is 0 Å². The van der Waals surface area contributed by atoms with E-state index in [1.165, 1.54) is 21.7 Å². The monoisotopic (exact) mass is 429 g/mol. The van der Waals surface area contributed by atoms with E-state index in [4.69, 9.17) is 12.6 Å². The van der Waals surface area contributed by atoms with Crippen LogP contribution in [-0.2, 0) is 11.3 Å². The summed E-state index contributed by atoms with van der Waals surface area (Å²) in [5.41, 5.74) is 1.31. The van der Waals surface area contributed by atoms with Crippen LogP contribution in [0.4, 0.5) is 15.0 Å². The molecule has 0 saturated carbocycles. The van der Waals surface area contributed by atoms with Gasteiger partial charge in [0.15, 0.2) is 5.65 Å². The Morgan fingerprint density at radius 1 is 1.19 bits per heavy atom. The second-order valence-electron chi connectivity index (χ2n) is 8.24. The van der Waals surface area contributed by atoms with Gasteiger partial charge in [0.25, 0.3) is 0 Å². The molecule has 0 aliphatic carbocycles. The number of anilines is 1. The number of nitrogens with zero attached hydrogens (tertiary/aromatic N) is 5. The van der Waals surface area contributed by atoms with E-state index in [2.05, 4.69) is 15.1 Å². The molecule has 3 aromatic heterocycles. The number of pyridine rings is 1. The molecule has 0 fully saturated rings. The molecule has 9 heteroatoms. The lowest BCUT2D eigenvalue weighted by molar-refractivity contribution is 0.0575. The van der Waals surface area contributed by atoms with Crippen molar-refractivity contribution in [2.24, 2.45) is 0 Å². The lowest BCUT2D eigenvalue weighted by Gasteiger charge is -2.28. The molecule has 0 aliphatic heterocycles. The van der Waals surface area contributed by atoms with Crippen LogP contribution >= 0.6 is 0 Å². The average molecular weight is 429 g/mol. The molecular weight excluding hydrogens is 408 g/mol. The van der Waals surface area contributed by atoms with Crippen molar-refractivity contribution >= 4 is 30.9 Å². The van der Waals surface area contributed by atoms with Crippen molar-refractivity contribution in [2.75, 3.05) is 4.90 Å². The summed E-state index contributed by atoms with van der Waals surface area (Å²) in [5, 5.41) is 4.29. The number of halogens is 1. The first-order chi connectivity index (χ1) is 15.2. The minimum Gasteiger partial charge on any atom is -0.443 e. The van der Waals surface area contributed by atoms with Gasteiger partial charge >= 0.3 is 6.09 Å². The molecule has 4 aromatic rings. The van der Waals surface area contributed by atoms with E-state index in [-0.39, 0.29) is 12.1 Å². The number of benzene rings is 1. The maximum absolute atomic E-state index is 14.6. The van der Waals surface area contributed by atoms with Crippen LogP contribution in [0.3, 0.4) is 0 Å². The number of aromatic nitrogens is 4. The lowest BCUT2D eigenvalue weighted by Crippen LogP contribution is -2.37. The zero-order chi connectivity index (χ0) is 22.9. The minimum absolute atomic E-state index is 0.174. The summed E-state index contributed by atoms with van der Waals surface area (Å²) >= 11 is 0. The number of fused-ring (bicyclic) bond motifs is 1. The first-order valence-electron chi connectivity index (χ1n) is 10.0. The van der Waals surface area contributed by atoms with Gasteiger partial charge in [-0.1, -0.05) is 12.1 Å². The van der Waals surface area contributed by atoms with Crippen molar-refractivity contribution in [3.8, 4) is 11.3 Å². The summed E-state index contributed by atoms with van der Waals surface area (Å²) in [6.07, 6.45) is 4.13. The van der Waals surface area contributed by atoms with Crippen LogP contribution in [0, 0.1) is 5.82 Å². The highest BCUT2D eigenvalue weighted by molar-refractivity contribution is 6.36. The molecule has 32 heavy (non-hydrogen) atoms. The van der Waals surface area contributed by atoms with Crippen molar-refractivity contribution in [3.05, 3.63) is 72.4 Å². The second kappa shape index (κ2) is 8.41. The van der Waals surface area contributed by atoms with Crippen molar-refractivity contribution in [3.63, 3.8) is 0 Å². The fourth-order valence-electron chi connectivity index (χ4n) is 3.19. The van der Waals surface area contributed by atoms with E-state index in [0.29, 0.717) is 22.6 Å². The van der Waals surface area contributed by atoms with Gasteiger partial charge < -0.3 is 4.74 Å². The topological polar surface area (TPSA) is 72.6 Å². The molecule has 0 aliphatic rings. The normalized spacial score (nSPS) is 11.5. The third-order valence-corrected chi connectivity index (χ3v) is 4.61. The molecule has 160 valence electrons. The number of hydrogen-bond donors (Lipinski definition) is 0. The van der Waals surface area contributed by atoms with Crippen LogP contribution in [0.5, 0.6) is 0 Å². The van der Waals surface area contributed by atoms with E-state index in [0.717, 1.165) is 5.56 Å². The zero-order valence-electron chi connectivity index (χ0n) is 18.0. The maximum Gasteiger partial charge on any atom is 0.416 e. The molecule has 1 amide bonds. The van der Waals surface area contributed by atoms with E-state index < -0.39 is 17.5 Å². The van der Waals surface area contributed by atoms with Gasteiger partial charge in [0, 0.05) is 30.2 Å². The molecule has 7 nitrogen and oxygen atoms in total. The molecule has 4 rings (SSSR count). The highest BCUT2D eigenvalue weighted by Gasteiger charge is 2.27. The first kappa shape index (κ1) is 21.5. The molecule has 0 unspecified atom stereocenters. The summed E-state index contributed by atoms with van der Waals surface area (Å²) in [7, 11) is 6.08. The van der Waals surface area contributed by atoms with Gasteiger partial charge in [0.1, 0.15) is 25.1 Å². The molecule has 0 atom stereocenters. The lowest BCUT2D eigenvalue weighted by atomic mass is 10.0. The Labute approximate surface area is 186 Å². The van der Waals surface area contributed by atoms with Gasteiger partial charge in [0.2, 0.25) is 0 Å². The summed E-state index contributed by atoms with van der Waals surface area (Å²) in [6.45, 7) is 5.53. The van der Waals surface area contributed by atoms with Crippen LogP contribution in [0.1, 0.15) is 26.3 Å². The fourth-order valence-corrected chi connectivity index (χ4v) is 3.19. The molecule has 0 N–H and O–H groups in total. The molecule has 1 aromatic carbocycles. The number of amides is 1. The largest absolute Gasteiger partial charge is 0.443 e. The van der Waals surface area contributed by atoms with Crippen LogP contribution in [-0.4, -0.2) is 39.1 Å². The summed E-state index contributed by atoms with van der Waals surface area (Å²) in [6, 6.07) is 11.5. The molecule has 3 heterocycles. The number of ether oxygens (including phenoxy) is 1. The van der Waals surface area contributed by atoms with Crippen molar-refractivity contribution < 1.29 is 13.9 Å². The Kier molecular flexibility index (Phi) is 5.65. The summed E-state index contributed by atoms with van der Waals surface area (Å²) in [4.78, 5) is 23.2. The third-order valence-electron chi connectivity index (χ3n) is 4.61. The van der Waals surface area contributed by atoms with E-state index in [9.17, 15) is 9.18 Å². The summed E-state index contributed by atoms with van der Waals surface area (Å²) < 4.78 is 21.7. The van der Waals surface area contributed by atoms with Gasteiger partial charge in [0.05, 0.1) is 12.2 Å². The third kappa shape index (κ3) is 4.46. The SMILES string of the molecule is [B]c1cnn2c(N(Cc3ccncc3)C(=O)OC(C)(C)C)cc(-c3ccccc3F)nc12. The Bertz CT molecular complexity index is 1270. The molecule has 2 radical (unpaired) electrons. The highest BCUT2D eigenvalue weighted by Crippen LogP contribution is 2.28. The summed E-state index contributed by atoms with van der Waals surface area (Å²) in [5.74, 6) is -0.0950. The molecule has 0 saturated heterocycles. The van der Waals surface area contributed by atoms with Crippen LogP contribution in [0.15, 0.2) is 61.1 Å². The van der Waals surface area contributed by atoms with Crippen LogP contribution < -0.4 is 10.4 Å². The average Bonchev–Trinajstić information content (AvgIpc) is 3.12. The Morgan fingerprint density at radius 2 is 1.91 bits per heavy atom. The Hall–Kier alpha value is -3.75. The number of rotatable bonds is 4. The number of carbonyl (C=O) groups excluding carboxylic acids is 1. The fraction of sp³-hybridized carbons (Fsp3) is 0.217. The van der Waals surface area contributed by atoms with Gasteiger partial charge in [-0.05, 0) is 56.1 Å². The van der Waals surface area contributed by atoms with Gasteiger partial charge in [-0.25, -0.2) is 14.2 Å². The predicted molar refractivity (Wildman–Crippen MR) is 120 cm³/mol. The second-order valence-corrected chi connectivity index (χ2v) is 8.24. The Morgan fingerprint density at radius 3 is 2.59 bits per heavy atom. The highest BCUT2D eigenvalue weighted by atomic mass is 19.1. The van der Waals surface area contributed by atoms with Gasteiger partial charge in [-0.3, -0.25) is 9.88 Å². The minimum atomic E-state index is -0.725. The quantitative estimate of drug-likeness (QED) is 0.463. The number of hydrogen-bond acceptors (Lipinski definition) is 5. The van der Waals surface area contributed by atoms with Crippen LogP contribution in [0.25, 0.3) is 16.9 Å². The maximum atomic E-state index is 14.6. The number of carbonyl (C=O) groups is 1. The van der Waals surface area contributed by atoms with Gasteiger partial charge in [-0.2, -0.15) is 9.61 Å². The van der Waals surface area contributed by atoms with Crippen molar-refractivity contribution in [2.45, 2.75) is 32.9 Å². The molecular formula is C23H21BFN5O2.